The zero-order valence-corrected chi connectivity index (χ0v) is 26.7. The van der Waals surface area contributed by atoms with Crippen molar-refractivity contribution < 1.29 is 13.2 Å². The molecule has 0 atom stereocenters. The van der Waals surface area contributed by atoms with Crippen LogP contribution in [0.5, 0.6) is 0 Å². The molecule has 0 N–H and O–H groups in total. The van der Waals surface area contributed by atoms with Gasteiger partial charge in [0, 0.05) is 23.3 Å². The summed E-state index contributed by atoms with van der Waals surface area (Å²) in [7, 11) is 0. The van der Waals surface area contributed by atoms with E-state index in [1.54, 1.807) is 25.1 Å². The lowest BCUT2D eigenvalue weighted by Crippen LogP contribution is -2.00. The number of aryl methyl sites for hydroxylation is 6. The fourth-order valence-corrected chi connectivity index (χ4v) is 6.33. The van der Waals surface area contributed by atoms with Crippen LogP contribution in [-0.4, -0.2) is 33.7 Å². The van der Waals surface area contributed by atoms with E-state index in [2.05, 4.69) is 32.9 Å². The van der Waals surface area contributed by atoms with Crippen molar-refractivity contribution in [1.82, 2.24) is 33.7 Å². The third-order valence-corrected chi connectivity index (χ3v) is 8.40. The van der Waals surface area contributed by atoms with Crippen molar-refractivity contribution in [1.29, 1.82) is 0 Å². The first-order valence-electron chi connectivity index (χ1n) is 15.1. The number of aromatic nitrogens is 7. The Morgan fingerprint density at radius 2 is 0.957 bits per heavy atom. The minimum absolute atomic E-state index is 0.272. The number of imidazole rings is 2. The number of hydrogen-bond acceptors (Lipinski definition) is 5. The van der Waals surface area contributed by atoms with E-state index in [0.29, 0.717) is 28.1 Å². The van der Waals surface area contributed by atoms with E-state index < -0.39 is 5.95 Å². The summed E-state index contributed by atoms with van der Waals surface area (Å²) < 4.78 is 44.9. The van der Waals surface area contributed by atoms with Gasteiger partial charge in [-0.3, -0.25) is 8.80 Å². The van der Waals surface area contributed by atoms with Crippen LogP contribution >= 0.6 is 0 Å². The van der Waals surface area contributed by atoms with Crippen LogP contribution in [0.3, 0.4) is 0 Å². The molecule has 8 aromatic rings. The maximum absolute atomic E-state index is 13.8. The van der Waals surface area contributed by atoms with Crippen molar-refractivity contribution in [3.8, 4) is 22.8 Å². The molecule has 234 valence electrons. The monoisotopic (exact) mass is 629 g/mol. The van der Waals surface area contributed by atoms with Gasteiger partial charge in [0.05, 0.1) is 61.6 Å². The van der Waals surface area contributed by atoms with E-state index in [0.717, 1.165) is 61.8 Å². The van der Waals surface area contributed by atoms with Crippen LogP contribution in [0.2, 0.25) is 0 Å². The molecule has 47 heavy (non-hydrogen) atoms. The molecule has 0 fully saturated rings. The predicted molar refractivity (Wildman–Crippen MR) is 178 cm³/mol. The maximum atomic E-state index is 13.8. The summed E-state index contributed by atoms with van der Waals surface area (Å²) in [6.07, 6.45) is 0. The Morgan fingerprint density at radius 1 is 0.468 bits per heavy atom. The highest BCUT2D eigenvalue weighted by Crippen LogP contribution is 2.31. The largest absolute Gasteiger partial charge is 0.289 e. The van der Waals surface area contributed by atoms with Gasteiger partial charge in [0.2, 0.25) is 5.95 Å². The Bertz CT molecular complexity index is 2530. The molecule has 0 radical (unpaired) electrons. The van der Waals surface area contributed by atoms with Gasteiger partial charge in [0.15, 0.2) is 0 Å². The van der Waals surface area contributed by atoms with Crippen molar-refractivity contribution in [3.05, 3.63) is 124 Å². The van der Waals surface area contributed by atoms with Crippen LogP contribution < -0.4 is 0 Å². The van der Waals surface area contributed by atoms with E-state index in [4.69, 9.17) is 4.98 Å². The highest BCUT2D eigenvalue weighted by molar-refractivity contribution is 5.85. The first kappa shape index (κ1) is 30.0. The van der Waals surface area contributed by atoms with Crippen molar-refractivity contribution in [3.63, 3.8) is 0 Å². The minimum atomic E-state index is -0.539. The smallest absolute Gasteiger partial charge is 0.213 e. The fourth-order valence-electron chi connectivity index (χ4n) is 6.33. The van der Waals surface area contributed by atoms with Crippen LogP contribution in [0.25, 0.3) is 55.9 Å². The van der Waals surface area contributed by atoms with E-state index in [-0.39, 0.29) is 11.6 Å². The van der Waals surface area contributed by atoms with E-state index in [9.17, 15) is 13.2 Å². The highest BCUT2D eigenvalue weighted by atomic mass is 19.1. The quantitative estimate of drug-likeness (QED) is 0.179. The highest BCUT2D eigenvalue weighted by Gasteiger charge is 2.19. The average molecular weight is 630 g/mol. The number of benzene rings is 3. The lowest BCUT2D eigenvalue weighted by molar-refractivity contribution is 0.580. The molecular formula is C37H30F3N7. The number of halogens is 3. The first-order valence-corrected chi connectivity index (χ1v) is 15.1. The first-order chi connectivity index (χ1) is 22.5. The number of rotatable bonds is 2. The molecule has 0 aliphatic heterocycles. The fraction of sp³-hybridized carbons (Fsp3) is 0.162. The second-order valence-corrected chi connectivity index (χ2v) is 11.7. The molecule has 0 unspecified atom stereocenters. The Balaban J connectivity index is 0.000000150. The van der Waals surface area contributed by atoms with Gasteiger partial charge < -0.3 is 0 Å². The molecule has 5 heterocycles. The number of nitrogens with zero attached hydrogens (tertiary/aromatic N) is 7. The van der Waals surface area contributed by atoms with Gasteiger partial charge in [-0.05, 0) is 83.5 Å². The number of hydrogen-bond donors (Lipinski definition) is 0. The van der Waals surface area contributed by atoms with E-state index in [1.165, 1.54) is 30.3 Å². The zero-order chi connectivity index (χ0) is 33.1. The van der Waals surface area contributed by atoms with Crippen molar-refractivity contribution >= 4 is 33.1 Å². The zero-order valence-electron chi connectivity index (χ0n) is 26.7. The summed E-state index contributed by atoms with van der Waals surface area (Å²) in [6, 6.07) is 20.2. The van der Waals surface area contributed by atoms with E-state index in [1.807, 2.05) is 54.7 Å². The van der Waals surface area contributed by atoms with Crippen molar-refractivity contribution in [2.45, 2.75) is 41.5 Å². The van der Waals surface area contributed by atoms with Crippen LogP contribution in [0.1, 0.15) is 34.0 Å². The average Bonchev–Trinajstić information content (AvgIpc) is 3.56. The molecule has 0 bridgehead atoms. The lowest BCUT2D eigenvalue weighted by atomic mass is 10.1. The predicted octanol–water partition coefficient (Wildman–Crippen LogP) is 8.76. The third kappa shape index (κ3) is 5.06. The molecule has 0 saturated carbocycles. The molecule has 0 amide bonds. The Labute approximate surface area is 268 Å². The number of pyridine rings is 1. The minimum Gasteiger partial charge on any atom is -0.289 e. The summed E-state index contributed by atoms with van der Waals surface area (Å²) in [5.41, 5.74) is 11.4. The molecule has 0 aliphatic rings. The third-order valence-electron chi connectivity index (χ3n) is 8.40. The topological polar surface area (TPSA) is 73.3 Å². The van der Waals surface area contributed by atoms with Gasteiger partial charge >= 0.3 is 0 Å². The van der Waals surface area contributed by atoms with Gasteiger partial charge in [0.1, 0.15) is 23.3 Å². The molecule has 0 spiro atoms. The van der Waals surface area contributed by atoms with Gasteiger partial charge in [-0.15, -0.1) is 0 Å². The van der Waals surface area contributed by atoms with Crippen LogP contribution in [0.15, 0.2) is 72.8 Å². The maximum Gasteiger partial charge on any atom is 0.213 e. The SMILES string of the molecule is Cc1ccccc1-c1nc(C)c2c(C)nc3ccc(F)cc3n12.Cc1nc(F)ccc1-c1nc(C)c2c(C)nc3ccc(F)cc3n12. The molecule has 8 rings (SSSR count). The molecule has 0 aliphatic carbocycles. The summed E-state index contributed by atoms with van der Waals surface area (Å²) in [5.74, 6) is 0.278. The molecule has 10 heteroatoms. The van der Waals surface area contributed by atoms with Crippen LogP contribution in [-0.2, 0) is 0 Å². The van der Waals surface area contributed by atoms with Crippen molar-refractivity contribution in [2.75, 3.05) is 0 Å². The molecule has 5 aromatic heterocycles. The summed E-state index contributed by atoms with van der Waals surface area (Å²) in [6.45, 7) is 11.5. The summed E-state index contributed by atoms with van der Waals surface area (Å²) in [4.78, 5) is 22.4. The van der Waals surface area contributed by atoms with Gasteiger partial charge in [-0.1, -0.05) is 24.3 Å². The summed E-state index contributed by atoms with van der Waals surface area (Å²) in [5, 5.41) is 0. The molecule has 3 aromatic carbocycles. The van der Waals surface area contributed by atoms with Crippen molar-refractivity contribution in [2.24, 2.45) is 0 Å². The normalized spacial score (nSPS) is 11.5. The molecular weight excluding hydrogens is 599 g/mol. The molecule has 7 nitrogen and oxygen atoms in total. The Morgan fingerprint density at radius 3 is 1.47 bits per heavy atom. The van der Waals surface area contributed by atoms with Crippen LogP contribution in [0.4, 0.5) is 13.2 Å². The lowest BCUT2D eigenvalue weighted by Gasteiger charge is -2.09. The molecule has 0 saturated heterocycles. The van der Waals surface area contributed by atoms with E-state index >= 15 is 0 Å². The standard InChI is InChI=1S/C19H16FN3.C18H14F2N4/c1-11-6-4-5-7-15(11)19-22-13(3)18-12(2)21-16-9-8-14(20)10-17(16)23(18)19;1-9-13(5-7-16(20)22-9)18-23-11(3)17-10(2)21-14-6-4-12(19)8-15(14)24(17)18/h4-10H,1-3H3;4-8H,1-3H3. The number of fused-ring (bicyclic) bond motifs is 6. The van der Waals surface area contributed by atoms with Crippen LogP contribution in [0, 0.1) is 59.1 Å². The van der Waals surface area contributed by atoms with Gasteiger partial charge in [0.25, 0.3) is 0 Å². The second kappa shape index (κ2) is 11.3. The Hall–Kier alpha value is -5.64. The Kier molecular flexibility index (Phi) is 7.23. The summed E-state index contributed by atoms with van der Waals surface area (Å²) >= 11 is 0. The van der Waals surface area contributed by atoms with Gasteiger partial charge in [-0.25, -0.2) is 33.7 Å². The second-order valence-electron chi connectivity index (χ2n) is 11.7. The van der Waals surface area contributed by atoms with Gasteiger partial charge in [-0.2, -0.15) is 4.39 Å².